The third kappa shape index (κ3) is 6.76. The van der Waals surface area contributed by atoms with Crippen molar-refractivity contribution < 1.29 is 23.9 Å². The SMILES string of the molecule is CCCCNC(=O)CN1CCN(c2ccc(C(=O)O)cc2NC(=O)c2ccc(F)cc2)CC1. The highest BCUT2D eigenvalue weighted by atomic mass is 19.1. The molecular formula is C24H29FN4O4. The number of nitrogens with one attached hydrogen (secondary N) is 2. The number of benzene rings is 2. The Hall–Kier alpha value is -3.46. The molecule has 0 aromatic heterocycles. The zero-order valence-electron chi connectivity index (χ0n) is 18.6. The number of amides is 2. The molecule has 0 atom stereocenters. The number of hydrogen-bond donors (Lipinski definition) is 3. The monoisotopic (exact) mass is 456 g/mol. The van der Waals surface area contributed by atoms with Crippen LogP contribution in [0.4, 0.5) is 15.8 Å². The molecule has 0 bridgehead atoms. The average Bonchev–Trinajstić information content (AvgIpc) is 2.80. The van der Waals surface area contributed by atoms with Crippen molar-refractivity contribution in [2.45, 2.75) is 19.8 Å². The first-order valence-electron chi connectivity index (χ1n) is 11.1. The maximum absolute atomic E-state index is 13.2. The summed E-state index contributed by atoms with van der Waals surface area (Å²) in [5, 5.41) is 15.1. The van der Waals surface area contributed by atoms with Gasteiger partial charge >= 0.3 is 5.97 Å². The van der Waals surface area contributed by atoms with Crippen LogP contribution in [0, 0.1) is 5.82 Å². The van der Waals surface area contributed by atoms with Gasteiger partial charge in [-0.3, -0.25) is 14.5 Å². The van der Waals surface area contributed by atoms with E-state index in [0.717, 1.165) is 12.8 Å². The number of anilines is 2. The third-order valence-electron chi connectivity index (χ3n) is 5.53. The summed E-state index contributed by atoms with van der Waals surface area (Å²) in [6.45, 7) is 5.65. The Morgan fingerprint density at radius 1 is 1.00 bits per heavy atom. The Labute approximate surface area is 192 Å². The third-order valence-corrected chi connectivity index (χ3v) is 5.53. The van der Waals surface area contributed by atoms with E-state index in [0.29, 0.717) is 50.6 Å². The zero-order valence-corrected chi connectivity index (χ0v) is 18.6. The van der Waals surface area contributed by atoms with Gasteiger partial charge in [0.1, 0.15) is 5.82 Å². The lowest BCUT2D eigenvalue weighted by Crippen LogP contribution is -2.49. The molecule has 0 unspecified atom stereocenters. The molecule has 1 saturated heterocycles. The van der Waals surface area contributed by atoms with E-state index in [2.05, 4.69) is 27.4 Å². The van der Waals surface area contributed by atoms with Crippen molar-refractivity contribution in [2.24, 2.45) is 0 Å². The molecule has 0 saturated carbocycles. The van der Waals surface area contributed by atoms with Gasteiger partial charge in [0, 0.05) is 38.3 Å². The molecular weight excluding hydrogens is 427 g/mol. The number of aromatic carboxylic acids is 1. The molecule has 1 aliphatic heterocycles. The van der Waals surface area contributed by atoms with Crippen LogP contribution in [0.2, 0.25) is 0 Å². The van der Waals surface area contributed by atoms with Crippen molar-refractivity contribution in [3.8, 4) is 0 Å². The number of nitrogens with zero attached hydrogens (tertiary/aromatic N) is 2. The molecule has 176 valence electrons. The van der Waals surface area contributed by atoms with Crippen LogP contribution in [0.25, 0.3) is 0 Å². The first-order chi connectivity index (χ1) is 15.9. The summed E-state index contributed by atoms with van der Waals surface area (Å²) < 4.78 is 13.2. The van der Waals surface area contributed by atoms with Crippen molar-refractivity contribution in [3.63, 3.8) is 0 Å². The maximum atomic E-state index is 13.2. The number of carboxylic acids is 1. The van der Waals surface area contributed by atoms with E-state index >= 15 is 0 Å². The van der Waals surface area contributed by atoms with E-state index in [1.54, 1.807) is 6.07 Å². The Kier molecular flexibility index (Phi) is 8.37. The van der Waals surface area contributed by atoms with E-state index in [1.165, 1.54) is 36.4 Å². The zero-order chi connectivity index (χ0) is 23.8. The molecule has 0 spiro atoms. The molecule has 1 fully saturated rings. The predicted octanol–water partition coefficient (Wildman–Crippen LogP) is 2.81. The van der Waals surface area contributed by atoms with E-state index < -0.39 is 17.7 Å². The van der Waals surface area contributed by atoms with Gasteiger partial charge in [0.2, 0.25) is 5.91 Å². The highest BCUT2D eigenvalue weighted by molar-refractivity contribution is 6.06. The molecule has 9 heteroatoms. The maximum Gasteiger partial charge on any atom is 0.335 e. The number of carbonyl (C=O) groups is 3. The van der Waals surface area contributed by atoms with Crippen molar-refractivity contribution in [3.05, 3.63) is 59.4 Å². The minimum Gasteiger partial charge on any atom is -0.478 e. The molecule has 1 aliphatic rings. The lowest BCUT2D eigenvalue weighted by atomic mass is 10.1. The van der Waals surface area contributed by atoms with Crippen molar-refractivity contribution >= 4 is 29.2 Å². The smallest absolute Gasteiger partial charge is 0.335 e. The van der Waals surface area contributed by atoms with Gasteiger partial charge in [-0.1, -0.05) is 13.3 Å². The van der Waals surface area contributed by atoms with E-state index in [4.69, 9.17) is 0 Å². The molecule has 3 rings (SSSR count). The lowest BCUT2D eigenvalue weighted by Gasteiger charge is -2.36. The number of carbonyl (C=O) groups excluding carboxylic acids is 2. The second-order valence-electron chi connectivity index (χ2n) is 7.96. The highest BCUT2D eigenvalue weighted by Crippen LogP contribution is 2.29. The highest BCUT2D eigenvalue weighted by Gasteiger charge is 2.22. The summed E-state index contributed by atoms with van der Waals surface area (Å²) >= 11 is 0. The summed E-state index contributed by atoms with van der Waals surface area (Å²) in [6.07, 6.45) is 1.98. The molecule has 0 aliphatic carbocycles. The molecule has 0 radical (unpaired) electrons. The van der Waals surface area contributed by atoms with Crippen molar-refractivity contribution in [1.29, 1.82) is 0 Å². The van der Waals surface area contributed by atoms with Gasteiger partial charge in [-0.25, -0.2) is 9.18 Å². The first-order valence-corrected chi connectivity index (χ1v) is 11.1. The second kappa shape index (κ2) is 11.4. The summed E-state index contributed by atoms with van der Waals surface area (Å²) in [4.78, 5) is 40.3. The average molecular weight is 457 g/mol. The molecule has 2 amide bonds. The van der Waals surface area contributed by atoms with Crippen molar-refractivity contribution in [1.82, 2.24) is 10.2 Å². The van der Waals surface area contributed by atoms with E-state index in [9.17, 15) is 23.9 Å². The fourth-order valence-corrected chi connectivity index (χ4v) is 3.65. The fraction of sp³-hybridized carbons (Fsp3) is 0.375. The summed E-state index contributed by atoms with van der Waals surface area (Å²) in [7, 11) is 0. The molecule has 1 heterocycles. The van der Waals surface area contributed by atoms with Gasteiger partial charge < -0.3 is 20.6 Å². The Balaban J connectivity index is 1.68. The number of carboxylic acid groups (broad SMARTS) is 1. The van der Waals surface area contributed by atoms with E-state index in [1.807, 2.05) is 0 Å². The number of unbranched alkanes of at least 4 members (excludes halogenated alkanes) is 1. The van der Waals surface area contributed by atoms with Gasteiger partial charge in [0.15, 0.2) is 0 Å². The van der Waals surface area contributed by atoms with Crippen LogP contribution in [0.5, 0.6) is 0 Å². The van der Waals surface area contributed by atoms with Crippen LogP contribution in [0.15, 0.2) is 42.5 Å². The molecule has 2 aromatic carbocycles. The Morgan fingerprint density at radius 2 is 1.67 bits per heavy atom. The van der Waals surface area contributed by atoms with Gasteiger partial charge in [0.25, 0.3) is 5.91 Å². The minimum absolute atomic E-state index is 0.00922. The van der Waals surface area contributed by atoms with Crippen molar-refractivity contribution in [2.75, 3.05) is 49.5 Å². The van der Waals surface area contributed by atoms with Gasteiger partial charge in [-0.2, -0.15) is 0 Å². The van der Waals surface area contributed by atoms with Crippen LogP contribution in [0.3, 0.4) is 0 Å². The quantitative estimate of drug-likeness (QED) is 0.502. The number of hydrogen-bond acceptors (Lipinski definition) is 5. The second-order valence-corrected chi connectivity index (χ2v) is 7.96. The Bertz CT molecular complexity index is 988. The largest absolute Gasteiger partial charge is 0.478 e. The van der Waals surface area contributed by atoms with Gasteiger partial charge in [0.05, 0.1) is 23.5 Å². The summed E-state index contributed by atoms with van der Waals surface area (Å²) in [6, 6.07) is 9.73. The molecule has 2 aromatic rings. The lowest BCUT2D eigenvalue weighted by molar-refractivity contribution is -0.122. The van der Waals surface area contributed by atoms with Crippen LogP contribution in [-0.4, -0.2) is 67.1 Å². The Morgan fingerprint density at radius 3 is 2.30 bits per heavy atom. The minimum atomic E-state index is -1.10. The number of rotatable bonds is 9. The molecule has 33 heavy (non-hydrogen) atoms. The number of piperazine rings is 1. The molecule has 8 nitrogen and oxygen atoms in total. The van der Waals surface area contributed by atoms with E-state index in [-0.39, 0.29) is 17.0 Å². The first kappa shape index (κ1) is 24.2. The van der Waals surface area contributed by atoms with Gasteiger partial charge in [-0.05, 0) is 48.9 Å². The standard InChI is InChI=1S/C24H29FN4O4/c1-2-3-10-26-22(30)16-28-11-13-29(14-12-28)21-9-6-18(24(32)33)15-20(21)27-23(31)17-4-7-19(25)8-5-17/h4-9,15H,2-3,10-14,16H2,1H3,(H,26,30)(H,27,31)(H,32,33). The predicted molar refractivity (Wildman–Crippen MR) is 124 cm³/mol. The summed E-state index contributed by atoms with van der Waals surface area (Å²) in [5.41, 5.74) is 1.38. The topological polar surface area (TPSA) is 102 Å². The van der Waals surface area contributed by atoms with Crippen LogP contribution >= 0.6 is 0 Å². The van der Waals surface area contributed by atoms with Crippen LogP contribution in [0.1, 0.15) is 40.5 Å². The fourth-order valence-electron chi connectivity index (χ4n) is 3.65. The van der Waals surface area contributed by atoms with Gasteiger partial charge in [-0.15, -0.1) is 0 Å². The number of halogens is 1. The summed E-state index contributed by atoms with van der Waals surface area (Å²) in [5.74, 6) is -1.99. The van der Waals surface area contributed by atoms with Crippen LogP contribution in [-0.2, 0) is 4.79 Å². The normalized spacial score (nSPS) is 14.1. The van der Waals surface area contributed by atoms with Crippen LogP contribution < -0.4 is 15.5 Å². The molecule has 3 N–H and O–H groups in total.